The van der Waals surface area contributed by atoms with Crippen LogP contribution < -0.4 is 5.32 Å². The molecule has 0 spiro atoms. The van der Waals surface area contributed by atoms with Crippen LogP contribution >= 0.6 is 0 Å². The molecule has 1 aliphatic rings. The number of aromatic amines is 1. The van der Waals surface area contributed by atoms with Crippen molar-refractivity contribution in [1.82, 2.24) is 15.3 Å². The summed E-state index contributed by atoms with van der Waals surface area (Å²) in [6.07, 6.45) is 8.16. The summed E-state index contributed by atoms with van der Waals surface area (Å²) in [5.74, 6) is 1.16. The zero-order valence-electron chi connectivity index (χ0n) is 8.37. The van der Waals surface area contributed by atoms with Crippen LogP contribution in [0.5, 0.6) is 0 Å². The zero-order chi connectivity index (χ0) is 9.80. The Morgan fingerprint density at radius 3 is 2.86 bits per heavy atom. The second kappa shape index (κ2) is 4.42. The Bertz CT molecular complexity index is 273. The van der Waals surface area contributed by atoms with Gasteiger partial charge in [-0.2, -0.15) is 0 Å². The molecule has 1 unspecified atom stereocenters. The fourth-order valence-electron chi connectivity index (χ4n) is 2.23. The quantitative estimate of drug-likeness (QED) is 0.714. The molecule has 0 saturated carbocycles. The number of hydrogen-bond acceptors (Lipinski definition) is 2. The first kappa shape index (κ1) is 9.46. The van der Waals surface area contributed by atoms with E-state index in [1.807, 2.05) is 12.3 Å². The van der Waals surface area contributed by atoms with Crippen LogP contribution in [-0.4, -0.2) is 23.1 Å². The predicted molar refractivity (Wildman–Crippen MR) is 57.1 cm³/mol. The van der Waals surface area contributed by atoms with Gasteiger partial charge in [0.15, 0.2) is 0 Å². The molecule has 3 nitrogen and oxygen atoms in total. The minimum Gasteiger partial charge on any atom is -0.348 e. The molecule has 0 amide bonds. The third kappa shape index (κ3) is 1.87. The van der Waals surface area contributed by atoms with Crippen LogP contribution in [0.3, 0.4) is 0 Å². The molecule has 14 heavy (non-hydrogen) atoms. The van der Waals surface area contributed by atoms with Crippen LogP contribution in [-0.2, 0) is 0 Å². The largest absolute Gasteiger partial charge is 0.348 e. The number of allylic oxidation sites excluding steroid dienone is 1. The summed E-state index contributed by atoms with van der Waals surface area (Å²) in [5.41, 5.74) is 1.20. The van der Waals surface area contributed by atoms with E-state index in [0.29, 0.717) is 11.8 Å². The van der Waals surface area contributed by atoms with Crippen molar-refractivity contribution in [3.63, 3.8) is 0 Å². The van der Waals surface area contributed by atoms with Gasteiger partial charge in [0.1, 0.15) is 0 Å². The molecule has 1 fully saturated rings. The molecule has 1 atom stereocenters. The number of piperidine rings is 1. The monoisotopic (exact) mass is 191 g/mol. The first-order chi connectivity index (χ1) is 6.92. The van der Waals surface area contributed by atoms with E-state index in [1.54, 1.807) is 6.33 Å². The number of nitrogens with zero attached hydrogens (tertiary/aromatic N) is 1. The molecule has 0 aliphatic carbocycles. The Hall–Kier alpha value is -1.09. The van der Waals surface area contributed by atoms with Crippen molar-refractivity contribution < 1.29 is 0 Å². The molecule has 1 aromatic heterocycles. The Morgan fingerprint density at radius 1 is 1.50 bits per heavy atom. The zero-order valence-corrected chi connectivity index (χ0v) is 8.37. The Morgan fingerprint density at radius 2 is 2.29 bits per heavy atom. The second-order valence-electron chi connectivity index (χ2n) is 3.86. The van der Waals surface area contributed by atoms with Crippen LogP contribution in [0.15, 0.2) is 25.2 Å². The minimum absolute atomic E-state index is 0.444. The highest BCUT2D eigenvalue weighted by Crippen LogP contribution is 2.30. The highest BCUT2D eigenvalue weighted by atomic mass is 14.9. The van der Waals surface area contributed by atoms with E-state index in [1.165, 1.54) is 18.5 Å². The van der Waals surface area contributed by atoms with Gasteiger partial charge in [-0.25, -0.2) is 4.98 Å². The number of imidazole rings is 1. The van der Waals surface area contributed by atoms with E-state index < -0.39 is 0 Å². The highest BCUT2D eigenvalue weighted by Gasteiger charge is 2.23. The van der Waals surface area contributed by atoms with Gasteiger partial charge in [0.25, 0.3) is 0 Å². The lowest BCUT2D eigenvalue weighted by molar-refractivity contribution is 0.344. The normalized spacial score (nSPS) is 20.6. The van der Waals surface area contributed by atoms with Gasteiger partial charge in [-0.05, 0) is 31.8 Å². The SMILES string of the molecule is C=CC(c1cnc[nH]1)C1CCNCC1. The Balaban J connectivity index is 2.08. The van der Waals surface area contributed by atoms with E-state index in [2.05, 4.69) is 21.9 Å². The molecule has 1 aliphatic heterocycles. The average Bonchev–Trinajstić information content (AvgIpc) is 2.74. The van der Waals surface area contributed by atoms with Crippen LogP contribution in [0.2, 0.25) is 0 Å². The van der Waals surface area contributed by atoms with Gasteiger partial charge in [0, 0.05) is 17.8 Å². The molecule has 3 heteroatoms. The molecule has 2 N–H and O–H groups in total. The fraction of sp³-hybridized carbons (Fsp3) is 0.545. The number of nitrogens with one attached hydrogen (secondary N) is 2. The summed E-state index contributed by atoms with van der Waals surface area (Å²) >= 11 is 0. The van der Waals surface area contributed by atoms with Crippen molar-refractivity contribution in [1.29, 1.82) is 0 Å². The van der Waals surface area contributed by atoms with Gasteiger partial charge in [-0.1, -0.05) is 6.08 Å². The molecule has 0 radical (unpaired) electrons. The van der Waals surface area contributed by atoms with E-state index in [-0.39, 0.29) is 0 Å². The molecule has 0 bridgehead atoms. The van der Waals surface area contributed by atoms with Crippen LogP contribution in [0, 0.1) is 5.92 Å². The highest BCUT2D eigenvalue weighted by molar-refractivity contribution is 5.12. The summed E-state index contributed by atoms with van der Waals surface area (Å²) in [4.78, 5) is 7.25. The number of rotatable bonds is 3. The molecular weight excluding hydrogens is 174 g/mol. The third-order valence-electron chi connectivity index (χ3n) is 3.02. The van der Waals surface area contributed by atoms with E-state index in [4.69, 9.17) is 0 Å². The third-order valence-corrected chi connectivity index (χ3v) is 3.02. The van der Waals surface area contributed by atoms with Crippen molar-refractivity contribution in [2.45, 2.75) is 18.8 Å². The number of hydrogen-bond donors (Lipinski definition) is 2. The first-order valence-corrected chi connectivity index (χ1v) is 5.23. The van der Waals surface area contributed by atoms with E-state index in [0.717, 1.165) is 13.1 Å². The van der Waals surface area contributed by atoms with Crippen molar-refractivity contribution in [2.24, 2.45) is 5.92 Å². The lowest BCUT2D eigenvalue weighted by Gasteiger charge is -2.27. The minimum atomic E-state index is 0.444. The van der Waals surface area contributed by atoms with Crippen LogP contribution in [0.25, 0.3) is 0 Å². The van der Waals surface area contributed by atoms with Crippen LogP contribution in [0.4, 0.5) is 0 Å². The average molecular weight is 191 g/mol. The Labute approximate surface area is 84.6 Å². The smallest absolute Gasteiger partial charge is 0.0921 e. The summed E-state index contributed by atoms with van der Waals surface area (Å²) in [5, 5.41) is 3.38. The maximum atomic E-state index is 4.07. The summed E-state index contributed by atoms with van der Waals surface area (Å²) in [6, 6.07) is 0. The molecule has 2 rings (SSSR count). The van der Waals surface area contributed by atoms with Crippen molar-refractivity contribution in [2.75, 3.05) is 13.1 Å². The van der Waals surface area contributed by atoms with Gasteiger partial charge >= 0.3 is 0 Å². The topological polar surface area (TPSA) is 40.7 Å². The maximum Gasteiger partial charge on any atom is 0.0921 e. The van der Waals surface area contributed by atoms with Gasteiger partial charge in [-0.15, -0.1) is 6.58 Å². The second-order valence-corrected chi connectivity index (χ2v) is 3.86. The fourth-order valence-corrected chi connectivity index (χ4v) is 2.23. The maximum absolute atomic E-state index is 4.07. The van der Waals surface area contributed by atoms with E-state index >= 15 is 0 Å². The lowest BCUT2D eigenvalue weighted by atomic mass is 9.83. The predicted octanol–water partition coefficient (Wildman–Crippen LogP) is 1.68. The van der Waals surface area contributed by atoms with Crippen molar-refractivity contribution in [3.05, 3.63) is 30.9 Å². The summed E-state index contributed by atoms with van der Waals surface area (Å²) in [6.45, 7) is 6.18. The van der Waals surface area contributed by atoms with Gasteiger partial charge < -0.3 is 10.3 Å². The first-order valence-electron chi connectivity index (χ1n) is 5.23. The summed E-state index contributed by atoms with van der Waals surface area (Å²) < 4.78 is 0. The molecule has 76 valence electrons. The Kier molecular flexibility index (Phi) is 2.99. The van der Waals surface area contributed by atoms with Gasteiger partial charge in [0.05, 0.1) is 6.33 Å². The van der Waals surface area contributed by atoms with Crippen molar-refractivity contribution in [3.8, 4) is 0 Å². The standard InChI is InChI=1S/C11H17N3/c1-2-10(11-7-13-8-14-11)9-3-5-12-6-4-9/h2,7-10,12H,1,3-6H2,(H,13,14). The molecule has 1 saturated heterocycles. The molecule has 2 heterocycles. The molecular formula is C11H17N3. The molecule has 0 aromatic carbocycles. The molecule has 1 aromatic rings. The van der Waals surface area contributed by atoms with Gasteiger partial charge in [0.2, 0.25) is 0 Å². The van der Waals surface area contributed by atoms with E-state index in [9.17, 15) is 0 Å². The van der Waals surface area contributed by atoms with Gasteiger partial charge in [-0.3, -0.25) is 0 Å². The lowest BCUT2D eigenvalue weighted by Crippen LogP contribution is -2.30. The number of H-pyrrole nitrogens is 1. The van der Waals surface area contributed by atoms with Crippen molar-refractivity contribution >= 4 is 0 Å². The summed E-state index contributed by atoms with van der Waals surface area (Å²) in [7, 11) is 0. The number of aromatic nitrogens is 2. The van der Waals surface area contributed by atoms with Crippen LogP contribution in [0.1, 0.15) is 24.5 Å².